The van der Waals surface area contributed by atoms with Gasteiger partial charge in [-0.05, 0) is 72.6 Å². The number of Topliss-reactive ketones (excluding diaryl/α,β-unsaturated/α-hetero) is 1. The highest BCUT2D eigenvalue weighted by Gasteiger charge is 2.48. The maximum Gasteiger partial charge on any atom is 0.233 e. The second kappa shape index (κ2) is 13.7. The second-order valence-corrected chi connectivity index (χ2v) is 12.2. The first-order valence-corrected chi connectivity index (χ1v) is 16.3. The molecule has 1 aliphatic rings. The molecule has 0 unspecified atom stereocenters. The first-order chi connectivity index (χ1) is 23.9. The highest BCUT2D eigenvalue weighted by Crippen LogP contribution is 2.47. The number of nitrogens with zero attached hydrogens (tertiary/aromatic N) is 1. The van der Waals surface area contributed by atoms with Gasteiger partial charge in [-0.25, -0.2) is 8.78 Å². The Balaban J connectivity index is 1.22. The van der Waals surface area contributed by atoms with Crippen molar-refractivity contribution in [3.63, 3.8) is 0 Å². The van der Waals surface area contributed by atoms with Crippen molar-refractivity contribution in [2.24, 2.45) is 5.92 Å². The lowest BCUT2D eigenvalue weighted by Crippen LogP contribution is -2.55. The van der Waals surface area contributed by atoms with Crippen LogP contribution in [0.15, 0.2) is 164 Å². The van der Waals surface area contributed by atoms with Gasteiger partial charge in [0.15, 0.2) is 11.4 Å². The van der Waals surface area contributed by atoms with Crippen LogP contribution in [0.4, 0.5) is 14.5 Å². The summed E-state index contributed by atoms with van der Waals surface area (Å²) in [5, 5.41) is 0. The lowest BCUT2D eigenvalue weighted by Gasteiger charge is -2.47. The quantitative estimate of drug-likeness (QED) is 0.0798. The summed E-state index contributed by atoms with van der Waals surface area (Å²) in [6, 6.07) is 48.9. The van der Waals surface area contributed by atoms with Crippen LogP contribution in [0.5, 0.6) is 5.75 Å². The van der Waals surface area contributed by atoms with Gasteiger partial charge in [0.2, 0.25) is 5.91 Å². The molecule has 0 bridgehead atoms. The van der Waals surface area contributed by atoms with Crippen molar-refractivity contribution < 1.29 is 23.1 Å². The molecule has 0 aromatic heterocycles. The molecule has 6 aromatic carbocycles. The Kier molecular flexibility index (Phi) is 8.86. The van der Waals surface area contributed by atoms with Crippen LogP contribution in [0.25, 0.3) is 0 Å². The molecule has 7 rings (SSSR count). The van der Waals surface area contributed by atoms with E-state index in [1.807, 2.05) is 78.9 Å². The van der Waals surface area contributed by atoms with Crippen LogP contribution in [0.3, 0.4) is 0 Å². The van der Waals surface area contributed by atoms with Gasteiger partial charge in [-0.2, -0.15) is 0 Å². The van der Waals surface area contributed by atoms with Gasteiger partial charge in [0.1, 0.15) is 17.4 Å². The van der Waals surface area contributed by atoms with Crippen molar-refractivity contribution in [2.45, 2.75) is 24.5 Å². The lowest BCUT2D eigenvalue weighted by molar-refractivity contribution is -0.130. The molecule has 2 atom stereocenters. The van der Waals surface area contributed by atoms with Gasteiger partial charge in [-0.3, -0.25) is 9.59 Å². The van der Waals surface area contributed by atoms with E-state index in [9.17, 15) is 18.4 Å². The molecule has 1 saturated heterocycles. The van der Waals surface area contributed by atoms with Crippen molar-refractivity contribution in [3.05, 3.63) is 203 Å². The molecule has 49 heavy (non-hydrogen) atoms. The maximum atomic E-state index is 13.8. The Morgan fingerprint density at radius 1 is 0.612 bits per heavy atom. The maximum absolute atomic E-state index is 13.8. The Hall–Kier alpha value is -5.88. The number of hydrogen-bond acceptors (Lipinski definition) is 3. The van der Waals surface area contributed by atoms with Crippen LogP contribution < -0.4 is 9.64 Å². The van der Waals surface area contributed by atoms with Crippen LogP contribution >= 0.6 is 0 Å². The number of ether oxygens (including phenoxy) is 1. The van der Waals surface area contributed by atoms with Crippen LogP contribution in [0.2, 0.25) is 0 Å². The zero-order valence-corrected chi connectivity index (χ0v) is 26.6. The van der Waals surface area contributed by atoms with Crippen molar-refractivity contribution in [3.8, 4) is 5.75 Å². The minimum atomic E-state index is -0.957. The van der Waals surface area contributed by atoms with E-state index in [4.69, 9.17) is 4.74 Å². The molecule has 0 radical (unpaired) electrons. The smallest absolute Gasteiger partial charge is 0.233 e. The van der Waals surface area contributed by atoms with Gasteiger partial charge in [-0.15, -0.1) is 0 Å². The molecule has 1 heterocycles. The molecule has 1 amide bonds. The SMILES string of the molecule is O=C(CC[C@H]1C(=O)N(c2ccc(F)cc2)[C@@H]1c1ccc(OC(c2ccccc2)(c2ccccc2)c2ccccc2)cc1)c1ccc(F)cc1. The first kappa shape index (κ1) is 31.7. The number of benzene rings is 6. The average Bonchev–Trinajstić information content (AvgIpc) is 3.15. The molecule has 6 aromatic rings. The number of halogens is 2. The summed E-state index contributed by atoms with van der Waals surface area (Å²) in [5.74, 6) is -0.952. The van der Waals surface area contributed by atoms with E-state index in [1.54, 1.807) is 17.0 Å². The molecule has 6 heteroatoms. The molecule has 0 aliphatic carbocycles. The van der Waals surface area contributed by atoms with E-state index in [2.05, 4.69) is 36.4 Å². The van der Waals surface area contributed by atoms with Crippen LogP contribution in [-0.2, 0) is 10.4 Å². The van der Waals surface area contributed by atoms with E-state index in [0.717, 1.165) is 22.3 Å². The van der Waals surface area contributed by atoms with E-state index < -0.39 is 23.2 Å². The Morgan fingerprint density at radius 2 is 1.08 bits per heavy atom. The number of amides is 1. The van der Waals surface area contributed by atoms with Gasteiger partial charge in [0, 0.05) is 34.4 Å². The molecule has 0 N–H and O–H groups in total. The Morgan fingerprint density at radius 3 is 1.57 bits per heavy atom. The Labute approximate surface area is 284 Å². The van der Waals surface area contributed by atoms with Crippen molar-refractivity contribution >= 4 is 17.4 Å². The van der Waals surface area contributed by atoms with Gasteiger partial charge in [0.05, 0.1) is 12.0 Å². The topological polar surface area (TPSA) is 46.6 Å². The number of carbonyl (C=O) groups is 2. The van der Waals surface area contributed by atoms with Crippen LogP contribution in [0.1, 0.15) is 51.5 Å². The number of anilines is 1. The second-order valence-electron chi connectivity index (χ2n) is 12.2. The fraction of sp³-hybridized carbons (Fsp3) is 0.116. The first-order valence-electron chi connectivity index (χ1n) is 16.3. The minimum Gasteiger partial charge on any atom is -0.473 e. The standard InChI is InChI=1S/C43H33F2NO3/c44-35-20-16-30(17-21-35)40(47)29-28-39-41(46(42(39)48)37-24-22-36(45)23-25-37)31-18-26-38(27-19-31)49-43(32-10-4-1-5-11-32,33-12-6-2-7-13-33)34-14-8-3-9-15-34/h1-27,39,41H,28-29H2/t39-,41-/m1/s1. The highest BCUT2D eigenvalue weighted by molar-refractivity contribution is 6.04. The molecule has 1 aliphatic heterocycles. The molecular weight excluding hydrogens is 616 g/mol. The predicted molar refractivity (Wildman–Crippen MR) is 186 cm³/mol. The van der Waals surface area contributed by atoms with Crippen LogP contribution in [0, 0.1) is 17.6 Å². The number of carbonyl (C=O) groups excluding carboxylic acids is 2. The fourth-order valence-electron chi connectivity index (χ4n) is 6.77. The fourth-order valence-corrected chi connectivity index (χ4v) is 6.77. The minimum absolute atomic E-state index is 0.130. The average molecular weight is 650 g/mol. The number of hydrogen-bond donors (Lipinski definition) is 0. The van der Waals surface area contributed by atoms with E-state index in [0.29, 0.717) is 23.4 Å². The highest BCUT2D eigenvalue weighted by atomic mass is 19.1. The molecule has 1 fully saturated rings. The summed E-state index contributed by atoms with van der Waals surface area (Å²) >= 11 is 0. The third-order valence-electron chi connectivity index (χ3n) is 9.20. The summed E-state index contributed by atoms with van der Waals surface area (Å²) in [6.07, 6.45) is 0.444. The number of β-lactam (4-membered cyclic amide) rings is 1. The lowest BCUT2D eigenvalue weighted by atomic mass is 9.78. The molecular formula is C43H33F2NO3. The van der Waals surface area contributed by atoms with Gasteiger partial charge in [-0.1, -0.05) is 103 Å². The zero-order chi connectivity index (χ0) is 33.8. The summed E-state index contributed by atoms with van der Waals surface area (Å²) in [7, 11) is 0. The Bertz CT molecular complexity index is 1940. The molecule has 242 valence electrons. The number of ketones is 1. The molecule has 0 spiro atoms. The molecule has 0 saturated carbocycles. The number of rotatable bonds is 11. The third-order valence-corrected chi connectivity index (χ3v) is 9.20. The molecule has 4 nitrogen and oxygen atoms in total. The normalized spacial score (nSPS) is 15.8. The van der Waals surface area contributed by atoms with Gasteiger partial charge >= 0.3 is 0 Å². The van der Waals surface area contributed by atoms with Crippen molar-refractivity contribution in [1.29, 1.82) is 0 Å². The summed E-state index contributed by atoms with van der Waals surface area (Å²) in [6.45, 7) is 0. The van der Waals surface area contributed by atoms with Crippen LogP contribution in [-0.4, -0.2) is 11.7 Å². The largest absolute Gasteiger partial charge is 0.473 e. The van der Waals surface area contributed by atoms with Gasteiger partial charge in [0.25, 0.3) is 0 Å². The van der Waals surface area contributed by atoms with Gasteiger partial charge < -0.3 is 9.64 Å². The summed E-state index contributed by atoms with van der Waals surface area (Å²) < 4.78 is 34.3. The van der Waals surface area contributed by atoms with Crippen molar-refractivity contribution in [1.82, 2.24) is 0 Å². The predicted octanol–water partition coefficient (Wildman–Crippen LogP) is 9.70. The monoisotopic (exact) mass is 649 g/mol. The van der Waals surface area contributed by atoms with E-state index >= 15 is 0 Å². The summed E-state index contributed by atoms with van der Waals surface area (Å²) in [5.41, 5.74) is 3.79. The summed E-state index contributed by atoms with van der Waals surface area (Å²) in [4.78, 5) is 28.2. The van der Waals surface area contributed by atoms with E-state index in [1.165, 1.54) is 36.4 Å². The third kappa shape index (κ3) is 6.25. The zero-order valence-electron chi connectivity index (χ0n) is 26.6. The van der Waals surface area contributed by atoms with Crippen molar-refractivity contribution in [2.75, 3.05) is 4.90 Å². The van der Waals surface area contributed by atoms with E-state index in [-0.39, 0.29) is 24.2 Å².